The molecule has 0 atom stereocenters. The van der Waals surface area contributed by atoms with Crippen LogP contribution in [0.1, 0.15) is 28.4 Å². The molecule has 0 saturated carbocycles. The first-order valence-corrected chi connectivity index (χ1v) is 7.26. The molecule has 0 unspecified atom stereocenters. The number of methoxy groups -OCH3 is 1. The summed E-state index contributed by atoms with van der Waals surface area (Å²) in [7, 11) is 1.47. The first kappa shape index (κ1) is 17.2. The quantitative estimate of drug-likeness (QED) is 0.397. The summed E-state index contributed by atoms with van der Waals surface area (Å²) in [6, 6.07) is 12.2. The van der Waals surface area contributed by atoms with Gasteiger partial charge in [0, 0.05) is 12.5 Å². The highest BCUT2D eigenvalue weighted by molar-refractivity contribution is 5.95. The number of nitrogens with zero attached hydrogens (tertiary/aromatic N) is 1. The Morgan fingerprint density at radius 3 is 2.58 bits per heavy atom. The van der Waals surface area contributed by atoms with Crippen molar-refractivity contribution in [3.8, 4) is 11.5 Å². The Labute approximate surface area is 140 Å². The molecule has 0 aliphatic heterocycles. The summed E-state index contributed by atoms with van der Waals surface area (Å²) in [5.41, 5.74) is 4.69. The van der Waals surface area contributed by atoms with E-state index in [9.17, 15) is 9.59 Å². The van der Waals surface area contributed by atoms with Gasteiger partial charge in [-0.2, -0.15) is 5.10 Å². The van der Waals surface area contributed by atoms with Gasteiger partial charge in [0.1, 0.15) is 0 Å². The van der Waals surface area contributed by atoms with Crippen LogP contribution in [0.25, 0.3) is 0 Å². The maximum Gasteiger partial charge on any atom is 0.308 e. The molecule has 124 valence electrons. The second kappa shape index (κ2) is 7.92. The largest absolute Gasteiger partial charge is 0.493 e. The molecule has 0 aromatic heterocycles. The number of benzene rings is 2. The van der Waals surface area contributed by atoms with Crippen LogP contribution in [0.15, 0.2) is 47.6 Å². The lowest BCUT2D eigenvalue weighted by Crippen LogP contribution is -2.17. The predicted molar refractivity (Wildman–Crippen MR) is 90.5 cm³/mol. The van der Waals surface area contributed by atoms with Gasteiger partial charge in [-0.25, -0.2) is 5.43 Å². The van der Waals surface area contributed by atoms with Crippen LogP contribution in [-0.4, -0.2) is 25.2 Å². The number of hydrazone groups is 1. The van der Waals surface area contributed by atoms with Crippen LogP contribution in [-0.2, 0) is 4.79 Å². The molecule has 6 nitrogen and oxygen atoms in total. The molecule has 0 aliphatic carbocycles. The molecule has 0 bridgehead atoms. The fraction of sp³-hybridized carbons (Fsp3) is 0.167. The summed E-state index contributed by atoms with van der Waals surface area (Å²) in [5.74, 6) is 0.00342. The molecule has 0 spiro atoms. The Balaban J connectivity index is 2.06. The van der Waals surface area contributed by atoms with Gasteiger partial charge in [-0.3, -0.25) is 9.59 Å². The highest BCUT2D eigenvalue weighted by atomic mass is 16.6. The molecule has 1 amide bonds. The number of rotatable bonds is 5. The fourth-order valence-electron chi connectivity index (χ4n) is 2.02. The highest BCUT2D eigenvalue weighted by Crippen LogP contribution is 2.27. The number of hydrogen-bond donors (Lipinski definition) is 1. The van der Waals surface area contributed by atoms with Gasteiger partial charge in [0.15, 0.2) is 11.5 Å². The fourth-order valence-corrected chi connectivity index (χ4v) is 2.02. The van der Waals surface area contributed by atoms with Crippen molar-refractivity contribution in [1.29, 1.82) is 0 Å². The number of esters is 1. The van der Waals surface area contributed by atoms with Crippen molar-refractivity contribution in [2.24, 2.45) is 5.10 Å². The number of carbonyl (C=O) groups is 2. The summed E-state index contributed by atoms with van der Waals surface area (Å²) < 4.78 is 10.2. The summed E-state index contributed by atoms with van der Waals surface area (Å²) in [6.07, 6.45) is 1.48. The highest BCUT2D eigenvalue weighted by Gasteiger charge is 2.07. The summed E-state index contributed by atoms with van der Waals surface area (Å²) in [6.45, 7) is 3.23. The normalized spacial score (nSPS) is 10.5. The zero-order valence-corrected chi connectivity index (χ0v) is 13.7. The van der Waals surface area contributed by atoms with Gasteiger partial charge in [-0.15, -0.1) is 0 Å². The molecule has 2 aromatic rings. The molecule has 0 aliphatic rings. The van der Waals surface area contributed by atoms with Crippen molar-refractivity contribution in [3.05, 3.63) is 59.2 Å². The smallest absolute Gasteiger partial charge is 0.308 e. The van der Waals surface area contributed by atoms with E-state index in [0.29, 0.717) is 22.6 Å². The number of amides is 1. The molecular weight excluding hydrogens is 308 g/mol. The third kappa shape index (κ3) is 4.67. The molecule has 0 fully saturated rings. The number of carbonyl (C=O) groups excluding carboxylic acids is 2. The van der Waals surface area contributed by atoms with Gasteiger partial charge in [0.25, 0.3) is 5.91 Å². The Kier molecular flexibility index (Phi) is 5.68. The van der Waals surface area contributed by atoms with Gasteiger partial charge in [-0.05, 0) is 42.8 Å². The minimum absolute atomic E-state index is 0.293. The number of ether oxygens (including phenoxy) is 2. The lowest BCUT2D eigenvalue weighted by molar-refractivity contribution is -0.132. The van der Waals surface area contributed by atoms with Gasteiger partial charge < -0.3 is 9.47 Å². The molecule has 6 heteroatoms. The Morgan fingerprint density at radius 2 is 1.92 bits per heavy atom. The third-order valence-corrected chi connectivity index (χ3v) is 3.10. The minimum atomic E-state index is -0.430. The van der Waals surface area contributed by atoms with Crippen LogP contribution >= 0.6 is 0 Å². The van der Waals surface area contributed by atoms with E-state index in [1.165, 1.54) is 20.2 Å². The average Bonchev–Trinajstić information content (AvgIpc) is 2.55. The topological polar surface area (TPSA) is 77.0 Å². The van der Waals surface area contributed by atoms with Crippen molar-refractivity contribution in [3.63, 3.8) is 0 Å². The monoisotopic (exact) mass is 326 g/mol. The Bertz CT molecular complexity index is 784. The lowest BCUT2D eigenvalue weighted by Gasteiger charge is -2.08. The van der Waals surface area contributed by atoms with Crippen LogP contribution in [0.2, 0.25) is 0 Å². The maximum absolute atomic E-state index is 12.0. The summed E-state index contributed by atoms with van der Waals surface area (Å²) in [4.78, 5) is 23.0. The second-order valence-electron chi connectivity index (χ2n) is 5.07. The van der Waals surface area contributed by atoms with Crippen LogP contribution in [0, 0.1) is 6.92 Å². The predicted octanol–water partition coefficient (Wildman–Crippen LogP) is 2.69. The molecule has 2 aromatic carbocycles. The van der Waals surface area contributed by atoms with Gasteiger partial charge >= 0.3 is 5.97 Å². The molecular formula is C18H18N2O4. The van der Waals surface area contributed by atoms with E-state index in [4.69, 9.17) is 9.47 Å². The van der Waals surface area contributed by atoms with E-state index in [1.54, 1.807) is 30.3 Å². The summed E-state index contributed by atoms with van der Waals surface area (Å²) in [5, 5.41) is 3.93. The van der Waals surface area contributed by atoms with E-state index in [2.05, 4.69) is 10.5 Å². The third-order valence-electron chi connectivity index (χ3n) is 3.10. The van der Waals surface area contributed by atoms with E-state index < -0.39 is 5.97 Å². The van der Waals surface area contributed by atoms with E-state index >= 15 is 0 Å². The average molecular weight is 326 g/mol. The molecule has 24 heavy (non-hydrogen) atoms. The maximum atomic E-state index is 12.0. The lowest BCUT2D eigenvalue weighted by atomic mass is 10.1. The van der Waals surface area contributed by atoms with Crippen molar-refractivity contribution in [1.82, 2.24) is 5.43 Å². The SMILES string of the molecule is COc1cc(C=NNC(=O)c2cccc(C)c2)ccc1OC(C)=O. The molecule has 0 radical (unpaired) electrons. The van der Waals surface area contributed by atoms with Crippen molar-refractivity contribution in [2.75, 3.05) is 7.11 Å². The second-order valence-corrected chi connectivity index (χ2v) is 5.07. The first-order chi connectivity index (χ1) is 11.5. The molecule has 0 saturated heterocycles. The number of hydrogen-bond acceptors (Lipinski definition) is 5. The Hall–Kier alpha value is -3.15. The molecule has 0 heterocycles. The number of aryl methyl sites for hydroxylation is 1. The summed E-state index contributed by atoms with van der Waals surface area (Å²) >= 11 is 0. The van der Waals surface area contributed by atoms with Gasteiger partial charge in [-0.1, -0.05) is 17.7 Å². The van der Waals surface area contributed by atoms with Crippen molar-refractivity contribution >= 4 is 18.1 Å². The van der Waals surface area contributed by atoms with E-state index in [0.717, 1.165) is 5.56 Å². The molecule has 1 N–H and O–H groups in total. The van der Waals surface area contributed by atoms with Crippen molar-refractivity contribution in [2.45, 2.75) is 13.8 Å². The standard InChI is InChI=1S/C18H18N2O4/c1-12-5-4-6-15(9-12)18(22)20-19-11-14-7-8-16(24-13(2)21)17(10-14)23-3/h4-11H,1-3H3,(H,20,22). The van der Waals surface area contributed by atoms with Crippen LogP contribution < -0.4 is 14.9 Å². The van der Waals surface area contributed by atoms with E-state index in [1.807, 2.05) is 19.1 Å². The zero-order chi connectivity index (χ0) is 17.5. The minimum Gasteiger partial charge on any atom is -0.493 e. The molecule has 2 rings (SSSR count). The zero-order valence-electron chi connectivity index (χ0n) is 13.7. The van der Waals surface area contributed by atoms with Crippen LogP contribution in [0.3, 0.4) is 0 Å². The number of nitrogens with one attached hydrogen (secondary N) is 1. The van der Waals surface area contributed by atoms with Crippen LogP contribution in [0.4, 0.5) is 0 Å². The van der Waals surface area contributed by atoms with Gasteiger partial charge in [0.05, 0.1) is 13.3 Å². The van der Waals surface area contributed by atoms with Crippen molar-refractivity contribution < 1.29 is 19.1 Å². The Morgan fingerprint density at radius 1 is 1.12 bits per heavy atom. The van der Waals surface area contributed by atoms with Gasteiger partial charge in [0.2, 0.25) is 0 Å². The van der Waals surface area contributed by atoms with Crippen LogP contribution in [0.5, 0.6) is 11.5 Å². The first-order valence-electron chi connectivity index (χ1n) is 7.26. The van der Waals surface area contributed by atoms with E-state index in [-0.39, 0.29) is 5.91 Å².